The van der Waals surface area contributed by atoms with Crippen LogP contribution in [0.4, 0.5) is 0 Å². The fourth-order valence-corrected chi connectivity index (χ4v) is 1.12. The van der Waals surface area contributed by atoms with Crippen molar-refractivity contribution < 1.29 is 9.90 Å². The van der Waals surface area contributed by atoms with E-state index in [0.717, 1.165) is 0 Å². The number of carboxylic acids is 1. The Bertz CT molecular complexity index is 415. The highest BCUT2D eigenvalue weighted by molar-refractivity contribution is 5.78. The second-order valence-electron chi connectivity index (χ2n) is 2.95. The van der Waals surface area contributed by atoms with Gasteiger partial charge in [0.25, 0.3) is 0 Å². The molecule has 0 saturated heterocycles. The predicted molar refractivity (Wildman–Crippen MR) is 60.7 cm³/mol. The molecule has 0 fully saturated rings. The summed E-state index contributed by atoms with van der Waals surface area (Å²) < 4.78 is 0. The quantitative estimate of drug-likeness (QED) is 0.737. The van der Waals surface area contributed by atoms with Crippen LogP contribution >= 0.6 is 0 Å². The zero-order valence-corrected chi connectivity index (χ0v) is 8.31. The van der Waals surface area contributed by atoms with E-state index in [9.17, 15) is 4.79 Å². The number of benzene rings is 1. The Kier molecular flexibility index (Phi) is 4.16. The molecule has 3 heteroatoms. The van der Waals surface area contributed by atoms with Crippen LogP contribution in [-0.4, -0.2) is 16.1 Å². The van der Waals surface area contributed by atoms with Gasteiger partial charge in [-0.3, -0.25) is 4.79 Å². The number of aliphatic carboxylic acids is 1. The molecule has 0 spiro atoms. The minimum atomic E-state index is -0.829. The van der Waals surface area contributed by atoms with Crippen LogP contribution in [-0.2, 0) is 4.79 Å². The number of para-hydroxylation sites is 1. The van der Waals surface area contributed by atoms with E-state index in [1.54, 1.807) is 0 Å². The van der Waals surface area contributed by atoms with Crippen LogP contribution in [0.2, 0.25) is 0 Å². The molecule has 78 valence electrons. The van der Waals surface area contributed by atoms with E-state index in [4.69, 9.17) is 5.11 Å². The van der Waals surface area contributed by atoms with Crippen LogP contribution in [0, 0.1) is 0 Å². The van der Waals surface area contributed by atoms with Gasteiger partial charge in [-0.2, -0.15) is 0 Å². The third-order valence-electron chi connectivity index (χ3n) is 1.78. The fraction of sp³-hybridized carbons (Fsp3) is 0.0833. The second kappa shape index (κ2) is 5.65. The lowest BCUT2D eigenvalue weighted by molar-refractivity contribution is -0.135. The highest BCUT2D eigenvalue weighted by Crippen LogP contribution is 2.09. The van der Waals surface area contributed by atoms with E-state index in [1.807, 2.05) is 18.3 Å². The van der Waals surface area contributed by atoms with Gasteiger partial charge in [0, 0.05) is 11.7 Å². The number of nitrogens with one attached hydrogen (secondary N) is 1. The molecule has 0 saturated carbocycles. The van der Waals surface area contributed by atoms with Crippen LogP contribution < -0.4 is 0 Å². The van der Waals surface area contributed by atoms with Gasteiger partial charge in [-0.15, -0.1) is 6.58 Å². The zero-order chi connectivity index (χ0) is 11.1. The monoisotopic (exact) mass is 203 g/mol. The Hall–Kier alpha value is -2.03. The smallest absolute Gasteiger partial charge is 0.307 e. The average Bonchev–Trinajstić information content (AvgIpc) is 2.65. The Labute approximate surface area is 88.1 Å². The van der Waals surface area contributed by atoms with E-state index in [1.165, 1.54) is 17.0 Å². The number of hydrogen-bond acceptors (Lipinski definition) is 1. The van der Waals surface area contributed by atoms with Gasteiger partial charge in [0.2, 0.25) is 0 Å². The molecule has 0 aliphatic heterocycles. The number of aromatic amines is 1. The molecule has 2 aromatic rings. The minimum Gasteiger partial charge on any atom is -0.481 e. The lowest BCUT2D eigenvalue weighted by atomic mass is 10.3. The molecule has 0 unspecified atom stereocenters. The topological polar surface area (TPSA) is 53.1 Å². The van der Waals surface area contributed by atoms with Gasteiger partial charge in [-0.1, -0.05) is 24.3 Å². The molecule has 3 nitrogen and oxygen atoms in total. The fourth-order valence-electron chi connectivity index (χ4n) is 1.12. The molecule has 0 aliphatic rings. The van der Waals surface area contributed by atoms with Gasteiger partial charge in [-0.25, -0.2) is 0 Å². The average molecular weight is 203 g/mol. The SMILES string of the molecule is C=CCC(=O)O.c1ccc2[nH]ccc2c1. The Morgan fingerprint density at radius 1 is 1.40 bits per heavy atom. The normalized spacial score (nSPS) is 9.07. The van der Waals surface area contributed by atoms with E-state index in [0.29, 0.717) is 0 Å². The standard InChI is InChI=1S/C8H7N.C4H6O2/c1-2-4-8-7(3-1)5-6-9-8;1-2-3-4(5)6/h1-6,9H;2H,1,3H2,(H,5,6). The molecule has 0 atom stereocenters. The van der Waals surface area contributed by atoms with Crippen LogP contribution in [0.5, 0.6) is 0 Å². The summed E-state index contributed by atoms with van der Waals surface area (Å²) in [6, 6.07) is 10.3. The van der Waals surface area contributed by atoms with E-state index in [2.05, 4.69) is 29.8 Å². The summed E-state index contributed by atoms with van der Waals surface area (Å²) in [5, 5.41) is 9.12. The van der Waals surface area contributed by atoms with Crippen molar-refractivity contribution >= 4 is 16.9 Å². The summed E-state index contributed by atoms with van der Waals surface area (Å²) in [6.45, 7) is 3.22. The molecule has 0 amide bonds. The first kappa shape index (κ1) is 11.0. The van der Waals surface area contributed by atoms with Gasteiger partial charge < -0.3 is 10.1 Å². The third kappa shape index (κ3) is 3.68. The summed E-state index contributed by atoms with van der Waals surface area (Å²) in [6.07, 6.45) is 3.35. The maximum Gasteiger partial charge on any atom is 0.307 e. The Balaban J connectivity index is 0.000000167. The predicted octanol–water partition coefficient (Wildman–Crippen LogP) is 2.82. The molecule has 0 bridgehead atoms. The first-order valence-corrected chi connectivity index (χ1v) is 4.59. The van der Waals surface area contributed by atoms with Crippen LogP contribution in [0.25, 0.3) is 10.9 Å². The van der Waals surface area contributed by atoms with Gasteiger partial charge in [0.15, 0.2) is 0 Å². The summed E-state index contributed by atoms with van der Waals surface area (Å²) in [7, 11) is 0. The number of carboxylic acid groups (broad SMARTS) is 1. The molecule has 1 aromatic carbocycles. The maximum absolute atomic E-state index is 9.53. The third-order valence-corrected chi connectivity index (χ3v) is 1.78. The lowest BCUT2D eigenvalue weighted by Crippen LogP contribution is -1.88. The van der Waals surface area contributed by atoms with Crippen molar-refractivity contribution in [2.45, 2.75) is 6.42 Å². The highest BCUT2D eigenvalue weighted by Gasteiger charge is 1.86. The number of H-pyrrole nitrogens is 1. The molecule has 1 aromatic heterocycles. The molecule has 2 N–H and O–H groups in total. The summed E-state index contributed by atoms with van der Waals surface area (Å²) in [5.41, 5.74) is 1.21. The van der Waals surface area contributed by atoms with Crippen molar-refractivity contribution in [1.29, 1.82) is 0 Å². The van der Waals surface area contributed by atoms with Crippen molar-refractivity contribution in [1.82, 2.24) is 4.98 Å². The van der Waals surface area contributed by atoms with Crippen LogP contribution in [0.1, 0.15) is 6.42 Å². The molecule has 2 rings (SSSR count). The van der Waals surface area contributed by atoms with Gasteiger partial charge in [0.1, 0.15) is 0 Å². The first-order valence-electron chi connectivity index (χ1n) is 4.59. The minimum absolute atomic E-state index is 0.0556. The Morgan fingerprint density at radius 3 is 2.67 bits per heavy atom. The maximum atomic E-state index is 9.53. The number of carbonyl (C=O) groups is 1. The molecular formula is C12H13NO2. The molecule has 1 heterocycles. The van der Waals surface area contributed by atoms with Gasteiger partial charge in [-0.05, 0) is 17.5 Å². The van der Waals surface area contributed by atoms with Crippen molar-refractivity contribution in [3.05, 3.63) is 49.2 Å². The lowest BCUT2D eigenvalue weighted by Gasteiger charge is -1.83. The number of fused-ring (bicyclic) bond motifs is 1. The second-order valence-corrected chi connectivity index (χ2v) is 2.95. The summed E-state index contributed by atoms with van der Waals surface area (Å²) in [4.78, 5) is 12.6. The number of aromatic nitrogens is 1. The van der Waals surface area contributed by atoms with Crippen molar-refractivity contribution in [3.8, 4) is 0 Å². The van der Waals surface area contributed by atoms with Crippen molar-refractivity contribution in [2.75, 3.05) is 0 Å². The summed E-state index contributed by atoms with van der Waals surface area (Å²) in [5.74, 6) is -0.829. The highest BCUT2D eigenvalue weighted by atomic mass is 16.4. The number of hydrogen-bond donors (Lipinski definition) is 2. The van der Waals surface area contributed by atoms with E-state index in [-0.39, 0.29) is 6.42 Å². The van der Waals surface area contributed by atoms with Crippen LogP contribution in [0.15, 0.2) is 49.2 Å². The first-order chi connectivity index (χ1) is 7.24. The van der Waals surface area contributed by atoms with Crippen molar-refractivity contribution in [3.63, 3.8) is 0 Å². The Morgan fingerprint density at radius 2 is 2.13 bits per heavy atom. The zero-order valence-electron chi connectivity index (χ0n) is 8.31. The van der Waals surface area contributed by atoms with Gasteiger partial charge >= 0.3 is 5.97 Å². The molecular weight excluding hydrogens is 190 g/mol. The number of rotatable bonds is 2. The molecule has 0 aliphatic carbocycles. The van der Waals surface area contributed by atoms with Crippen LogP contribution in [0.3, 0.4) is 0 Å². The van der Waals surface area contributed by atoms with E-state index >= 15 is 0 Å². The van der Waals surface area contributed by atoms with Gasteiger partial charge in [0.05, 0.1) is 6.42 Å². The molecule has 15 heavy (non-hydrogen) atoms. The largest absolute Gasteiger partial charge is 0.481 e. The van der Waals surface area contributed by atoms with E-state index < -0.39 is 5.97 Å². The molecule has 0 radical (unpaired) electrons. The summed E-state index contributed by atoms with van der Waals surface area (Å²) >= 11 is 0. The van der Waals surface area contributed by atoms with Crippen molar-refractivity contribution in [2.24, 2.45) is 0 Å².